The highest BCUT2D eigenvalue weighted by Crippen LogP contribution is 2.32. The predicted molar refractivity (Wildman–Crippen MR) is 128 cm³/mol. The molecule has 1 aromatic heterocycles. The van der Waals surface area contributed by atoms with Crippen molar-refractivity contribution in [1.29, 1.82) is 0 Å². The zero-order valence-electron chi connectivity index (χ0n) is 17.9. The van der Waals surface area contributed by atoms with Crippen LogP contribution in [0.2, 0.25) is 0 Å². The minimum absolute atomic E-state index is 0.104. The molecular formula is C26H24N4OS. The van der Waals surface area contributed by atoms with Gasteiger partial charge in [-0.2, -0.15) is 0 Å². The molecule has 0 saturated carbocycles. The van der Waals surface area contributed by atoms with Crippen molar-refractivity contribution in [2.75, 3.05) is 11.4 Å². The molecule has 1 atom stereocenters. The highest BCUT2D eigenvalue weighted by Gasteiger charge is 2.29. The molecule has 0 aliphatic carbocycles. The van der Waals surface area contributed by atoms with E-state index in [9.17, 15) is 4.79 Å². The number of benzene rings is 3. The van der Waals surface area contributed by atoms with Gasteiger partial charge in [0.1, 0.15) is 5.82 Å². The van der Waals surface area contributed by atoms with Crippen LogP contribution in [0.25, 0.3) is 5.69 Å². The number of thioether (sulfide) groups is 1. The van der Waals surface area contributed by atoms with Gasteiger partial charge in [-0.3, -0.25) is 9.36 Å². The zero-order valence-corrected chi connectivity index (χ0v) is 18.7. The molecular weight excluding hydrogens is 416 g/mol. The lowest BCUT2D eigenvalue weighted by molar-refractivity contribution is -0.117. The summed E-state index contributed by atoms with van der Waals surface area (Å²) in [6, 6.07) is 28.5. The van der Waals surface area contributed by atoms with Crippen LogP contribution in [0.15, 0.2) is 90.1 Å². The number of carbonyl (C=O) groups is 1. The van der Waals surface area contributed by atoms with Crippen LogP contribution < -0.4 is 4.90 Å². The molecule has 1 unspecified atom stereocenters. The van der Waals surface area contributed by atoms with Gasteiger partial charge in [-0.1, -0.05) is 78.5 Å². The maximum Gasteiger partial charge on any atom is 0.240 e. The van der Waals surface area contributed by atoms with Crippen molar-refractivity contribution in [2.24, 2.45) is 0 Å². The third-order valence-corrected chi connectivity index (χ3v) is 6.73. The third kappa shape index (κ3) is 4.06. The number of anilines is 1. The minimum Gasteiger partial charge on any atom is -0.311 e. The molecule has 5 rings (SSSR count). The number of carbonyl (C=O) groups excluding carboxylic acids is 1. The Bertz CT molecular complexity index is 1220. The first kappa shape index (κ1) is 20.5. The molecule has 0 bridgehead atoms. The maximum absolute atomic E-state index is 13.3. The van der Waals surface area contributed by atoms with E-state index in [4.69, 9.17) is 0 Å². The van der Waals surface area contributed by atoms with Crippen LogP contribution in [-0.2, 0) is 17.6 Å². The van der Waals surface area contributed by atoms with Gasteiger partial charge in [-0.05, 0) is 42.7 Å². The fraction of sp³-hybridized carbons (Fsp3) is 0.192. The van der Waals surface area contributed by atoms with E-state index in [1.807, 2.05) is 78.6 Å². The molecule has 32 heavy (non-hydrogen) atoms. The van der Waals surface area contributed by atoms with Crippen LogP contribution in [0.4, 0.5) is 5.69 Å². The van der Waals surface area contributed by atoms with E-state index < -0.39 is 0 Å². The van der Waals surface area contributed by atoms with Crippen molar-refractivity contribution in [2.45, 2.75) is 30.2 Å². The molecule has 2 heterocycles. The van der Waals surface area contributed by atoms with Crippen LogP contribution in [0.5, 0.6) is 0 Å². The molecule has 1 aliphatic rings. The summed E-state index contributed by atoms with van der Waals surface area (Å²) in [4.78, 5) is 15.2. The first-order chi connectivity index (χ1) is 15.7. The molecule has 0 spiro atoms. The number of aromatic nitrogens is 3. The largest absolute Gasteiger partial charge is 0.311 e. The lowest BCUT2D eigenvalue weighted by Crippen LogP contribution is -2.35. The predicted octanol–water partition coefficient (Wildman–Crippen LogP) is 4.93. The van der Waals surface area contributed by atoms with E-state index in [1.165, 1.54) is 22.9 Å². The maximum atomic E-state index is 13.3. The Kier molecular flexibility index (Phi) is 5.77. The van der Waals surface area contributed by atoms with Gasteiger partial charge in [0, 0.05) is 24.3 Å². The topological polar surface area (TPSA) is 51.0 Å². The summed E-state index contributed by atoms with van der Waals surface area (Å²) >= 11 is 1.46. The van der Waals surface area contributed by atoms with E-state index >= 15 is 0 Å². The average Bonchev–Trinajstić information content (AvgIpc) is 3.44. The average molecular weight is 441 g/mol. The number of nitrogens with zero attached hydrogens (tertiary/aromatic N) is 4. The van der Waals surface area contributed by atoms with Crippen LogP contribution >= 0.6 is 11.8 Å². The van der Waals surface area contributed by atoms with Gasteiger partial charge < -0.3 is 4.90 Å². The van der Waals surface area contributed by atoms with Crippen molar-refractivity contribution in [3.63, 3.8) is 0 Å². The van der Waals surface area contributed by atoms with Gasteiger partial charge in [-0.25, -0.2) is 0 Å². The van der Waals surface area contributed by atoms with Gasteiger partial charge in [-0.15, -0.1) is 10.2 Å². The van der Waals surface area contributed by atoms with Gasteiger partial charge in [0.05, 0.1) is 5.25 Å². The number of fused-ring (bicyclic) bond motifs is 1. The standard InChI is InChI=1S/C26H24N4OS/c1-19(25(31)29-17-16-21-12-8-9-15-23(21)29)32-26-28-27-24(18-20-10-4-2-5-11-20)30(26)22-13-6-3-7-14-22/h2-15,19H,16-18H2,1H3. The zero-order chi connectivity index (χ0) is 21.9. The summed E-state index contributed by atoms with van der Waals surface area (Å²) in [5.41, 5.74) is 4.43. The minimum atomic E-state index is -0.280. The van der Waals surface area contributed by atoms with E-state index in [0.717, 1.165) is 35.3 Å². The molecule has 6 heteroatoms. The van der Waals surface area contributed by atoms with Crippen LogP contribution in [0.3, 0.4) is 0 Å². The molecule has 1 aliphatic heterocycles. The smallest absolute Gasteiger partial charge is 0.240 e. The molecule has 3 aromatic carbocycles. The number of rotatable bonds is 6. The Hall–Kier alpha value is -3.38. The molecule has 0 radical (unpaired) electrons. The van der Waals surface area contributed by atoms with Crippen molar-refractivity contribution < 1.29 is 4.79 Å². The Morgan fingerprint density at radius 2 is 1.62 bits per heavy atom. The molecule has 0 N–H and O–H groups in total. The Morgan fingerprint density at radius 1 is 0.938 bits per heavy atom. The number of hydrogen-bond acceptors (Lipinski definition) is 4. The number of para-hydroxylation sites is 2. The second kappa shape index (κ2) is 9.01. The Balaban J connectivity index is 1.43. The van der Waals surface area contributed by atoms with Crippen LogP contribution in [0, 0.1) is 0 Å². The van der Waals surface area contributed by atoms with Gasteiger partial charge in [0.25, 0.3) is 0 Å². The van der Waals surface area contributed by atoms with Crippen molar-refractivity contribution in [3.8, 4) is 5.69 Å². The highest BCUT2D eigenvalue weighted by atomic mass is 32.2. The van der Waals surface area contributed by atoms with Gasteiger partial charge in [0.15, 0.2) is 5.16 Å². The van der Waals surface area contributed by atoms with Gasteiger partial charge in [0.2, 0.25) is 5.91 Å². The SMILES string of the molecule is CC(Sc1nnc(Cc2ccccc2)n1-c1ccccc1)C(=O)N1CCc2ccccc21. The molecule has 0 fully saturated rings. The Morgan fingerprint density at radius 3 is 2.41 bits per heavy atom. The fourth-order valence-electron chi connectivity index (χ4n) is 4.10. The number of amides is 1. The summed E-state index contributed by atoms with van der Waals surface area (Å²) < 4.78 is 2.07. The molecule has 5 nitrogen and oxygen atoms in total. The molecule has 160 valence electrons. The lowest BCUT2D eigenvalue weighted by Gasteiger charge is -2.21. The molecule has 0 saturated heterocycles. The van der Waals surface area contributed by atoms with Crippen LogP contribution in [0.1, 0.15) is 23.9 Å². The monoisotopic (exact) mass is 440 g/mol. The summed E-state index contributed by atoms with van der Waals surface area (Å²) in [7, 11) is 0. The van der Waals surface area contributed by atoms with E-state index in [-0.39, 0.29) is 11.2 Å². The summed E-state index contributed by atoms with van der Waals surface area (Å²) in [6.07, 6.45) is 1.58. The van der Waals surface area contributed by atoms with Crippen LogP contribution in [-0.4, -0.2) is 32.5 Å². The second-order valence-electron chi connectivity index (χ2n) is 7.86. The van der Waals surface area contributed by atoms with Crippen molar-refractivity contribution in [1.82, 2.24) is 14.8 Å². The normalized spacial score (nSPS) is 13.7. The summed E-state index contributed by atoms with van der Waals surface area (Å²) in [5, 5.41) is 9.44. The van der Waals surface area contributed by atoms with E-state index in [0.29, 0.717) is 6.42 Å². The van der Waals surface area contributed by atoms with Crippen molar-refractivity contribution >= 4 is 23.4 Å². The first-order valence-corrected chi connectivity index (χ1v) is 11.7. The summed E-state index contributed by atoms with van der Waals surface area (Å²) in [6.45, 7) is 2.68. The highest BCUT2D eigenvalue weighted by molar-refractivity contribution is 8.00. The van der Waals surface area contributed by atoms with Gasteiger partial charge >= 0.3 is 0 Å². The lowest BCUT2D eigenvalue weighted by atomic mass is 10.1. The quantitative estimate of drug-likeness (QED) is 0.399. The third-order valence-electron chi connectivity index (χ3n) is 5.70. The Labute approximate surface area is 192 Å². The second-order valence-corrected chi connectivity index (χ2v) is 9.17. The van der Waals surface area contributed by atoms with E-state index in [1.54, 1.807) is 0 Å². The first-order valence-electron chi connectivity index (χ1n) is 10.8. The fourth-order valence-corrected chi connectivity index (χ4v) is 5.05. The molecule has 1 amide bonds. The van der Waals surface area contributed by atoms with E-state index in [2.05, 4.69) is 33.0 Å². The molecule has 4 aromatic rings. The van der Waals surface area contributed by atoms with Crippen molar-refractivity contribution in [3.05, 3.63) is 102 Å². The number of hydrogen-bond donors (Lipinski definition) is 0. The summed E-state index contributed by atoms with van der Waals surface area (Å²) in [5.74, 6) is 0.961.